The molecule has 1 fully saturated rings. The third kappa shape index (κ3) is 4.42. The normalized spacial score (nSPS) is 14.4. The van der Waals surface area contributed by atoms with E-state index in [1.54, 1.807) is 49.8 Å². The van der Waals surface area contributed by atoms with Crippen LogP contribution in [-0.4, -0.2) is 55.6 Å². The molecular formula is C21H25N3O4. The summed E-state index contributed by atoms with van der Waals surface area (Å²) in [6.45, 7) is 1.94. The smallest absolute Gasteiger partial charge is 0.255 e. The molecule has 1 N–H and O–H groups in total. The first-order valence-corrected chi connectivity index (χ1v) is 9.32. The van der Waals surface area contributed by atoms with Gasteiger partial charge in [0.1, 0.15) is 0 Å². The first-order chi connectivity index (χ1) is 13.6. The second kappa shape index (κ2) is 9.21. The van der Waals surface area contributed by atoms with Crippen LogP contribution in [0.5, 0.6) is 11.5 Å². The highest BCUT2D eigenvalue weighted by molar-refractivity contribution is 5.97. The van der Waals surface area contributed by atoms with Crippen molar-refractivity contribution in [2.45, 2.75) is 12.8 Å². The monoisotopic (exact) mass is 383 g/mol. The maximum absolute atomic E-state index is 12.6. The van der Waals surface area contributed by atoms with Gasteiger partial charge in [0, 0.05) is 37.6 Å². The highest BCUT2D eigenvalue weighted by atomic mass is 16.5. The Morgan fingerprint density at radius 2 is 1.82 bits per heavy atom. The number of aromatic nitrogens is 1. The van der Waals surface area contributed by atoms with E-state index in [9.17, 15) is 9.59 Å². The van der Waals surface area contributed by atoms with Gasteiger partial charge < -0.3 is 19.7 Å². The van der Waals surface area contributed by atoms with Crippen molar-refractivity contribution in [3.8, 4) is 11.5 Å². The average molecular weight is 383 g/mol. The van der Waals surface area contributed by atoms with Crippen LogP contribution in [0.15, 0.2) is 42.7 Å². The minimum absolute atomic E-state index is 0.0333. The summed E-state index contributed by atoms with van der Waals surface area (Å²) < 4.78 is 10.6. The van der Waals surface area contributed by atoms with Crippen LogP contribution in [0.3, 0.4) is 0 Å². The maximum Gasteiger partial charge on any atom is 0.255 e. The molecule has 7 heteroatoms. The van der Waals surface area contributed by atoms with E-state index in [0.29, 0.717) is 48.2 Å². The van der Waals surface area contributed by atoms with Gasteiger partial charge in [-0.25, -0.2) is 0 Å². The SMILES string of the molecule is COc1cccc(C(=O)NCC2CCN(C(=O)c3ccncc3)CC2)c1OC. The third-order valence-electron chi connectivity index (χ3n) is 5.03. The topological polar surface area (TPSA) is 80.8 Å². The number of rotatable bonds is 6. The lowest BCUT2D eigenvalue weighted by Gasteiger charge is -2.32. The summed E-state index contributed by atoms with van der Waals surface area (Å²) in [5, 5.41) is 2.98. The van der Waals surface area contributed by atoms with E-state index in [1.807, 2.05) is 4.90 Å². The lowest BCUT2D eigenvalue weighted by Crippen LogP contribution is -2.41. The Morgan fingerprint density at radius 1 is 1.11 bits per heavy atom. The van der Waals surface area contributed by atoms with E-state index in [2.05, 4.69) is 10.3 Å². The molecule has 0 aliphatic carbocycles. The Bertz CT molecular complexity index is 818. The minimum Gasteiger partial charge on any atom is -0.493 e. The molecule has 2 amide bonds. The number of amides is 2. The van der Waals surface area contributed by atoms with E-state index < -0.39 is 0 Å². The van der Waals surface area contributed by atoms with Crippen LogP contribution in [-0.2, 0) is 0 Å². The number of para-hydroxylation sites is 1. The van der Waals surface area contributed by atoms with Gasteiger partial charge >= 0.3 is 0 Å². The van der Waals surface area contributed by atoms with E-state index in [0.717, 1.165) is 12.8 Å². The molecule has 1 aromatic heterocycles. The summed E-state index contributed by atoms with van der Waals surface area (Å²) in [6.07, 6.45) is 4.96. The molecule has 0 unspecified atom stereocenters. The summed E-state index contributed by atoms with van der Waals surface area (Å²) in [5.74, 6) is 1.14. The van der Waals surface area contributed by atoms with Gasteiger partial charge in [-0.05, 0) is 43.0 Å². The first kappa shape index (κ1) is 19.7. The van der Waals surface area contributed by atoms with E-state index in [-0.39, 0.29) is 11.8 Å². The molecule has 2 aromatic rings. The third-order valence-corrected chi connectivity index (χ3v) is 5.03. The maximum atomic E-state index is 12.6. The number of likely N-dealkylation sites (tertiary alicyclic amines) is 1. The van der Waals surface area contributed by atoms with E-state index in [4.69, 9.17) is 9.47 Å². The zero-order valence-electron chi connectivity index (χ0n) is 16.2. The van der Waals surface area contributed by atoms with Crippen molar-refractivity contribution in [2.24, 2.45) is 5.92 Å². The molecule has 1 saturated heterocycles. The van der Waals surface area contributed by atoms with Crippen molar-refractivity contribution in [1.82, 2.24) is 15.2 Å². The number of hydrogen-bond acceptors (Lipinski definition) is 5. The molecule has 0 saturated carbocycles. The van der Waals surface area contributed by atoms with Gasteiger partial charge in [0.05, 0.1) is 19.8 Å². The van der Waals surface area contributed by atoms with Gasteiger partial charge in [0.2, 0.25) is 0 Å². The van der Waals surface area contributed by atoms with Gasteiger partial charge in [-0.2, -0.15) is 0 Å². The number of benzene rings is 1. The summed E-state index contributed by atoms with van der Waals surface area (Å²) >= 11 is 0. The molecular weight excluding hydrogens is 358 g/mol. The number of methoxy groups -OCH3 is 2. The van der Waals surface area contributed by atoms with E-state index in [1.165, 1.54) is 7.11 Å². The molecule has 0 bridgehead atoms. The zero-order chi connectivity index (χ0) is 19.9. The highest BCUT2D eigenvalue weighted by Gasteiger charge is 2.24. The second-order valence-electron chi connectivity index (χ2n) is 6.72. The van der Waals surface area contributed by atoms with Crippen LogP contribution >= 0.6 is 0 Å². The van der Waals surface area contributed by atoms with Crippen molar-refractivity contribution < 1.29 is 19.1 Å². The summed E-state index contributed by atoms with van der Waals surface area (Å²) in [5.41, 5.74) is 1.11. The zero-order valence-corrected chi connectivity index (χ0v) is 16.2. The molecule has 148 valence electrons. The Labute approximate surface area is 164 Å². The lowest BCUT2D eigenvalue weighted by molar-refractivity contribution is 0.0684. The van der Waals surface area contributed by atoms with Crippen LogP contribution in [0.25, 0.3) is 0 Å². The van der Waals surface area contributed by atoms with Crippen molar-refractivity contribution in [2.75, 3.05) is 33.9 Å². The van der Waals surface area contributed by atoms with Crippen molar-refractivity contribution >= 4 is 11.8 Å². The molecule has 1 aliphatic heterocycles. The Morgan fingerprint density at radius 3 is 2.46 bits per heavy atom. The largest absolute Gasteiger partial charge is 0.493 e. The van der Waals surface area contributed by atoms with Crippen LogP contribution in [0.4, 0.5) is 0 Å². The number of piperidine rings is 1. The Hall–Kier alpha value is -3.09. The Kier molecular flexibility index (Phi) is 6.47. The number of nitrogens with zero attached hydrogens (tertiary/aromatic N) is 2. The quantitative estimate of drug-likeness (QED) is 0.828. The molecule has 3 rings (SSSR count). The van der Waals surface area contributed by atoms with Crippen LogP contribution < -0.4 is 14.8 Å². The van der Waals surface area contributed by atoms with Crippen molar-refractivity contribution in [3.63, 3.8) is 0 Å². The molecule has 2 heterocycles. The van der Waals surface area contributed by atoms with Crippen molar-refractivity contribution in [1.29, 1.82) is 0 Å². The van der Waals surface area contributed by atoms with Crippen molar-refractivity contribution in [3.05, 3.63) is 53.9 Å². The van der Waals surface area contributed by atoms with Crippen LogP contribution in [0.2, 0.25) is 0 Å². The van der Waals surface area contributed by atoms with E-state index >= 15 is 0 Å². The fourth-order valence-electron chi connectivity index (χ4n) is 3.42. The van der Waals surface area contributed by atoms with Gasteiger partial charge in [-0.15, -0.1) is 0 Å². The number of carbonyl (C=O) groups excluding carboxylic acids is 2. The Balaban J connectivity index is 1.52. The molecule has 0 radical (unpaired) electrons. The lowest BCUT2D eigenvalue weighted by atomic mass is 9.96. The molecule has 1 aliphatic rings. The minimum atomic E-state index is -0.189. The molecule has 0 atom stereocenters. The number of hydrogen-bond donors (Lipinski definition) is 1. The van der Waals surface area contributed by atoms with Crippen LogP contribution in [0, 0.1) is 5.92 Å². The molecule has 7 nitrogen and oxygen atoms in total. The predicted octanol–water partition coefficient (Wildman–Crippen LogP) is 2.38. The number of nitrogens with one attached hydrogen (secondary N) is 1. The summed E-state index contributed by atoms with van der Waals surface area (Å²) in [6, 6.07) is 8.70. The van der Waals surface area contributed by atoms with Gasteiger partial charge in [-0.3, -0.25) is 14.6 Å². The first-order valence-electron chi connectivity index (χ1n) is 9.32. The van der Waals surface area contributed by atoms with Gasteiger partial charge in [0.25, 0.3) is 11.8 Å². The molecule has 1 aromatic carbocycles. The summed E-state index contributed by atoms with van der Waals surface area (Å²) in [7, 11) is 3.06. The average Bonchev–Trinajstić information content (AvgIpc) is 2.77. The number of ether oxygens (including phenoxy) is 2. The van der Waals surface area contributed by atoms with Gasteiger partial charge in [0.15, 0.2) is 11.5 Å². The fraction of sp³-hybridized carbons (Fsp3) is 0.381. The van der Waals surface area contributed by atoms with Crippen LogP contribution in [0.1, 0.15) is 33.6 Å². The van der Waals surface area contributed by atoms with Gasteiger partial charge in [-0.1, -0.05) is 6.07 Å². The predicted molar refractivity (Wildman–Crippen MR) is 105 cm³/mol. The highest BCUT2D eigenvalue weighted by Crippen LogP contribution is 2.30. The second-order valence-corrected chi connectivity index (χ2v) is 6.72. The summed E-state index contributed by atoms with van der Waals surface area (Å²) in [4.78, 5) is 30.9. The number of carbonyl (C=O) groups is 2. The number of pyridine rings is 1. The molecule has 0 spiro atoms. The molecule has 28 heavy (non-hydrogen) atoms. The standard InChI is InChI=1S/C21H25N3O4/c1-27-18-5-3-4-17(19(18)28-2)20(25)23-14-15-8-12-24(13-9-15)21(26)16-6-10-22-11-7-16/h3-7,10-11,15H,8-9,12-14H2,1-2H3,(H,23,25). The fourth-order valence-corrected chi connectivity index (χ4v) is 3.42.